The van der Waals surface area contributed by atoms with Crippen molar-refractivity contribution in [2.45, 2.75) is 112 Å². The number of aliphatic hydroxyl groups is 2. The van der Waals surface area contributed by atoms with Crippen molar-refractivity contribution < 1.29 is 29.2 Å². The Kier molecular flexibility index (Phi) is 3.75. The van der Waals surface area contributed by atoms with Gasteiger partial charge in [0.15, 0.2) is 11.6 Å². The Bertz CT molecular complexity index is 440. The minimum atomic E-state index is -0.986. The van der Waals surface area contributed by atoms with Gasteiger partial charge in [0.05, 0.1) is 0 Å². The maximum absolute atomic E-state index is 10.6. The fourth-order valence-corrected chi connectivity index (χ4v) is 5.39. The molecule has 6 heteroatoms. The minimum absolute atomic E-state index is 0.354. The van der Waals surface area contributed by atoms with E-state index in [2.05, 4.69) is 0 Å². The predicted octanol–water partition coefficient (Wildman–Crippen LogP) is 1.61. The molecule has 0 amide bonds. The number of ether oxygens (including phenoxy) is 4. The van der Waals surface area contributed by atoms with E-state index in [0.29, 0.717) is 0 Å². The lowest BCUT2D eigenvalue weighted by Gasteiger charge is -2.38. The first-order valence-electron chi connectivity index (χ1n) is 9.69. The molecule has 2 heterocycles. The summed E-state index contributed by atoms with van der Waals surface area (Å²) in [5.74, 6) is -1.20. The van der Waals surface area contributed by atoms with Crippen LogP contribution in [0.5, 0.6) is 0 Å². The first kappa shape index (κ1) is 16.0. The molecule has 2 spiro atoms. The maximum atomic E-state index is 10.6. The summed E-state index contributed by atoms with van der Waals surface area (Å²) >= 11 is 0. The molecule has 5 fully saturated rings. The van der Waals surface area contributed by atoms with Gasteiger partial charge in [-0.1, -0.05) is 12.8 Å². The van der Waals surface area contributed by atoms with Crippen molar-refractivity contribution in [2.75, 3.05) is 0 Å². The Morgan fingerprint density at radius 2 is 0.833 bits per heavy atom. The highest BCUT2D eigenvalue weighted by atomic mass is 16.8. The van der Waals surface area contributed by atoms with Gasteiger partial charge in [0.1, 0.15) is 36.6 Å². The fourth-order valence-electron chi connectivity index (χ4n) is 5.39. The van der Waals surface area contributed by atoms with Gasteiger partial charge < -0.3 is 29.2 Å². The zero-order valence-electron chi connectivity index (χ0n) is 14.1. The summed E-state index contributed by atoms with van der Waals surface area (Å²) in [5, 5.41) is 21.2. The number of hydrogen-bond donors (Lipinski definition) is 2. The summed E-state index contributed by atoms with van der Waals surface area (Å²) in [6, 6.07) is 0. The molecular weight excluding hydrogens is 312 g/mol. The fraction of sp³-hybridized carbons (Fsp3) is 1.00. The van der Waals surface area contributed by atoms with Crippen LogP contribution in [-0.4, -0.2) is 58.4 Å². The molecule has 0 bridgehead atoms. The molecule has 4 unspecified atom stereocenters. The molecular formula is C18H28O6. The van der Waals surface area contributed by atoms with Crippen LogP contribution in [0, 0.1) is 0 Å². The van der Waals surface area contributed by atoms with E-state index >= 15 is 0 Å². The Morgan fingerprint density at radius 1 is 0.500 bits per heavy atom. The Balaban J connectivity index is 1.42. The second-order valence-electron chi connectivity index (χ2n) is 8.25. The highest BCUT2D eigenvalue weighted by Crippen LogP contribution is 2.51. The van der Waals surface area contributed by atoms with Crippen LogP contribution in [0.1, 0.15) is 64.2 Å². The molecule has 6 nitrogen and oxygen atoms in total. The molecule has 6 atom stereocenters. The SMILES string of the molecule is OC1C2OC3(CCCCC3)OC2[C@H]2OC3(CCCCC3)O[C@H]2C1O. The third kappa shape index (κ3) is 2.31. The second kappa shape index (κ2) is 5.63. The summed E-state index contributed by atoms with van der Waals surface area (Å²) in [6.07, 6.45) is 6.38. The smallest absolute Gasteiger partial charge is 0.169 e. The van der Waals surface area contributed by atoms with E-state index in [1.807, 2.05) is 0 Å². The van der Waals surface area contributed by atoms with Crippen LogP contribution in [0.3, 0.4) is 0 Å². The standard InChI is InChI=1S/C18H28O6/c19-11-12(20)14-16(24-18(22-14)9-5-2-6-10-18)15-13(11)21-17(23-15)7-3-1-4-8-17/h11-16,19-20H,1-10H2/t11?,12?,13-,14?,15-,16?/m0/s1. The van der Waals surface area contributed by atoms with Gasteiger partial charge in [0.25, 0.3) is 0 Å². The third-order valence-corrected chi connectivity index (χ3v) is 6.63. The molecule has 5 aliphatic rings. The van der Waals surface area contributed by atoms with Gasteiger partial charge >= 0.3 is 0 Å². The zero-order chi connectivity index (χ0) is 16.4. The monoisotopic (exact) mass is 340 g/mol. The molecule has 2 N–H and O–H groups in total. The summed E-state index contributed by atoms with van der Waals surface area (Å²) in [6.45, 7) is 0. The van der Waals surface area contributed by atoms with Crippen LogP contribution in [0.25, 0.3) is 0 Å². The van der Waals surface area contributed by atoms with E-state index in [4.69, 9.17) is 18.9 Å². The van der Waals surface area contributed by atoms with E-state index < -0.39 is 36.0 Å². The Morgan fingerprint density at radius 3 is 1.21 bits per heavy atom. The molecule has 2 aliphatic heterocycles. The lowest BCUT2D eigenvalue weighted by Crippen LogP contribution is -2.61. The summed E-state index contributed by atoms with van der Waals surface area (Å²) in [7, 11) is 0. The van der Waals surface area contributed by atoms with E-state index in [1.54, 1.807) is 0 Å². The molecule has 0 aromatic heterocycles. The van der Waals surface area contributed by atoms with Crippen molar-refractivity contribution in [3.8, 4) is 0 Å². The number of hydrogen-bond acceptors (Lipinski definition) is 6. The highest BCUT2D eigenvalue weighted by molar-refractivity contribution is 5.09. The molecule has 0 radical (unpaired) electrons. The minimum Gasteiger partial charge on any atom is -0.387 e. The van der Waals surface area contributed by atoms with Crippen molar-refractivity contribution in [3.05, 3.63) is 0 Å². The average Bonchev–Trinajstić information content (AvgIpc) is 3.14. The number of rotatable bonds is 0. The van der Waals surface area contributed by atoms with E-state index in [-0.39, 0.29) is 12.2 Å². The van der Waals surface area contributed by atoms with Crippen molar-refractivity contribution in [1.29, 1.82) is 0 Å². The topological polar surface area (TPSA) is 77.4 Å². The van der Waals surface area contributed by atoms with Crippen molar-refractivity contribution in [3.63, 3.8) is 0 Å². The zero-order valence-corrected chi connectivity index (χ0v) is 14.1. The van der Waals surface area contributed by atoms with Crippen LogP contribution in [0.2, 0.25) is 0 Å². The van der Waals surface area contributed by atoms with Gasteiger partial charge in [-0.2, -0.15) is 0 Å². The Hall–Kier alpha value is -0.240. The molecule has 3 aliphatic carbocycles. The second-order valence-corrected chi connectivity index (χ2v) is 8.25. The largest absolute Gasteiger partial charge is 0.387 e. The maximum Gasteiger partial charge on any atom is 0.169 e. The molecule has 3 saturated carbocycles. The number of fused-ring (bicyclic) bond motifs is 3. The van der Waals surface area contributed by atoms with Crippen LogP contribution < -0.4 is 0 Å². The normalized spacial score (nSPS) is 49.2. The van der Waals surface area contributed by atoms with Crippen LogP contribution in [-0.2, 0) is 18.9 Å². The van der Waals surface area contributed by atoms with Crippen LogP contribution in [0.4, 0.5) is 0 Å². The van der Waals surface area contributed by atoms with Gasteiger partial charge in [-0.05, 0) is 25.7 Å². The lowest BCUT2D eigenvalue weighted by molar-refractivity contribution is -0.224. The molecule has 0 aromatic carbocycles. The first-order chi connectivity index (χ1) is 11.6. The van der Waals surface area contributed by atoms with Crippen molar-refractivity contribution in [1.82, 2.24) is 0 Å². The molecule has 136 valence electrons. The lowest BCUT2D eigenvalue weighted by atomic mass is 9.85. The molecule has 2 saturated heterocycles. The third-order valence-electron chi connectivity index (χ3n) is 6.63. The highest BCUT2D eigenvalue weighted by Gasteiger charge is 2.65. The van der Waals surface area contributed by atoms with Gasteiger partial charge in [0, 0.05) is 25.7 Å². The quantitative estimate of drug-likeness (QED) is 0.698. The van der Waals surface area contributed by atoms with Crippen molar-refractivity contribution in [2.24, 2.45) is 0 Å². The average molecular weight is 340 g/mol. The van der Waals surface area contributed by atoms with Crippen molar-refractivity contribution >= 4 is 0 Å². The number of aliphatic hydroxyl groups excluding tert-OH is 2. The summed E-state index contributed by atoms with van der Waals surface area (Å²) in [5.41, 5.74) is 0. The van der Waals surface area contributed by atoms with Gasteiger partial charge in [-0.15, -0.1) is 0 Å². The van der Waals surface area contributed by atoms with E-state index in [1.165, 1.54) is 12.8 Å². The van der Waals surface area contributed by atoms with E-state index in [9.17, 15) is 10.2 Å². The van der Waals surface area contributed by atoms with Gasteiger partial charge in [-0.3, -0.25) is 0 Å². The van der Waals surface area contributed by atoms with E-state index in [0.717, 1.165) is 51.4 Å². The predicted molar refractivity (Wildman–Crippen MR) is 83.1 cm³/mol. The molecule has 0 aromatic rings. The molecule has 24 heavy (non-hydrogen) atoms. The van der Waals surface area contributed by atoms with Gasteiger partial charge in [0.2, 0.25) is 0 Å². The summed E-state index contributed by atoms with van der Waals surface area (Å²) in [4.78, 5) is 0. The van der Waals surface area contributed by atoms with Gasteiger partial charge in [-0.25, -0.2) is 0 Å². The molecule has 5 rings (SSSR count). The first-order valence-corrected chi connectivity index (χ1v) is 9.69. The Labute approximate surface area is 142 Å². The van der Waals surface area contributed by atoms with Crippen LogP contribution in [0.15, 0.2) is 0 Å². The van der Waals surface area contributed by atoms with Crippen LogP contribution >= 0.6 is 0 Å². The summed E-state index contributed by atoms with van der Waals surface area (Å²) < 4.78 is 25.1.